The predicted molar refractivity (Wildman–Crippen MR) is 115 cm³/mol. The smallest absolute Gasteiger partial charge is 0.254 e. The highest BCUT2D eigenvalue weighted by molar-refractivity contribution is 7.18. The van der Waals surface area contributed by atoms with Crippen molar-refractivity contribution >= 4 is 28.0 Å². The number of aryl methyl sites for hydroxylation is 1. The molecule has 1 saturated carbocycles. The van der Waals surface area contributed by atoms with Crippen LogP contribution in [0, 0.1) is 0 Å². The lowest BCUT2D eigenvalue weighted by Crippen LogP contribution is -2.41. The van der Waals surface area contributed by atoms with Gasteiger partial charge in [-0.15, -0.1) is 11.3 Å². The maximum atomic E-state index is 13.9. The third-order valence-electron chi connectivity index (χ3n) is 6.18. The zero-order valence-electron chi connectivity index (χ0n) is 16.5. The zero-order chi connectivity index (χ0) is 20.7. The van der Waals surface area contributed by atoms with E-state index < -0.39 is 5.41 Å². The number of nitrogens with zero attached hydrogens (tertiary/aromatic N) is 3. The molecule has 3 aromatic rings. The fourth-order valence-corrected chi connectivity index (χ4v) is 5.53. The largest absolute Gasteiger partial charge is 0.390 e. The van der Waals surface area contributed by atoms with Crippen LogP contribution in [0.4, 0.5) is 5.00 Å². The molecule has 1 amide bonds. The average molecular weight is 422 g/mol. The van der Waals surface area contributed by atoms with Crippen molar-refractivity contribution in [2.24, 2.45) is 0 Å². The molecule has 2 heterocycles. The minimum absolute atomic E-state index is 0.0530. The molecule has 1 aromatic carbocycles. The van der Waals surface area contributed by atoms with Crippen LogP contribution in [0.15, 0.2) is 43.0 Å². The van der Waals surface area contributed by atoms with Crippen LogP contribution in [0.1, 0.15) is 56.8 Å². The van der Waals surface area contributed by atoms with Crippen LogP contribution in [-0.2, 0) is 18.4 Å². The van der Waals surface area contributed by atoms with Crippen LogP contribution in [-0.4, -0.2) is 32.5 Å². The highest BCUT2D eigenvalue weighted by atomic mass is 32.1. The van der Waals surface area contributed by atoms with E-state index in [-0.39, 0.29) is 17.7 Å². The first-order chi connectivity index (χ1) is 14.6. The summed E-state index contributed by atoms with van der Waals surface area (Å²) < 4.78 is 1.75. The lowest BCUT2D eigenvalue weighted by Gasteiger charge is -2.36. The van der Waals surface area contributed by atoms with Gasteiger partial charge in [-0.2, -0.15) is 5.10 Å². The first kappa shape index (κ1) is 19.0. The average Bonchev–Trinajstić information content (AvgIpc) is 3.27. The lowest BCUT2D eigenvalue weighted by molar-refractivity contribution is 0.0848. The topological polar surface area (TPSA) is 103 Å². The SMILES string of the molecule is Nc1sc2c(c1C(=O)NC1CC1)CCC(CCn1cncn1)(c1ccccc1)C2=O. The van der Waals surface area contributed by atoms with Gasteiger partial charge in [-0.1, -0.05) is 30.3 Å². The van der Waals surface area contributed by atoms with Gasteiger partial charge in [-0.05, 0) is 43.2 Å². The van der Waals surface area contributed by atoms with Crippen molar-refractivity contribution in [1.29, 1.82) is 0 Å². The van der Waals surface area contributed by atoms with E-state index in [1.165, 1.54) is 17.7 Å². The van der Waals surface area contributed by atoms with Gasteiger partial charge in [0.1, 0.15) is 12.7 Å². The van der Waals surface area contributed by atoms with E-state index in [4.69, 9.17) is 5.73 Å². The van der Waals surface area contributed by atoms with Crippen LogP contribution in [0.2, 0.25) is 0 Å². The number of benzene rings is 1. The summed E-state index contributed by atoms with van der Waals surface area (Å²) in [7, 11) is 0. The van der Waals surface area contributed by atoms with Crippen molar-refractivity contribution in [3.05, 3.63) is 64.6 Å². The Labute approximate surface area is 178 Å². The van der Waals surface area contributed by atoms with Gasteiger partial charge in [0.15, 0.2) is 5.78 Å². The van der Waals surface area contributed by atoms with Crippen LogP contribution in [0.3, 0.4) is 0 Å². The number of nitrogens with two attached hydrogens (primary N) is 1. The Morgan fingerprint density at radius 2 is 2.10 bits per heavy atom. The molecule has 2 aromatic heterocycles. The number of rotatable bonds is 6. The standard InChI is InChI=1S/C22H23N5O2S/c23-20-17(21(29)26-15-6-7-15)16-8-9-22(19(28)18(16)30-20,14-4-2-1-3-5-14)10-11-27-13-24-12-25-27/h1-5,12-13,15H,6-11,23H2,(H,26,29). The molecule has 2 aliphatic rings. The van der Waals surface area contributed by atoms with Gasteiger partial charge < -0.3 is 11.1 Å². The first-order valence-electron chi connectivity index (χ1n) is 10.2. The quantitative estimate of drug-likeness (QED) is 0.637. The van der Waals surface area contributed by atoms with E-state index in [0.29, 0.717) is 41.2 Å². The van der Waals surface area contributed by atoms with Gasteiger partial charge in [0.2, 0.25) is 0 Å². The molecule has 1 fully saturated rings. The van der Waals surface area contributed by atoms with Gasteiger partial charge >= 0.3 is 0 Å². The molecular weight excluding hydrogens is 398 g/mol. The van der Waals surface area contributed by atoms with Crippen molar-refractivity contribution in [1.82, 2.24) is 20.1 Å². The highest BCUT2D eigenvalue weighted by Crippen LogP contribution is 2.46. The summed E-state index contributed by atoms with van der Waals surface area (Å²) in [5.41, 5.74) is 7.89. The number of fused-ring (bicyclic) bond motifs is 1. The summed E-state index contributed by atoms with van der Waals surface area (Å²) in [4.78, 5) is 31.3. The number of nitrogens with one attached hydrogen (secondary N) is 1. The molecule has 8 heteroatoms. The van der Waals surface area contributed by atoms with Crippen molar-refractivity contribution < 1.29 is 9.59 Å². The number of amides is 1. The minimum Gasteiger partial charge on any atom is -0.390 e. The minimum atomic E-state index is -0.665. The molecule has 3 N–H and O–H groups in total. The van der Waals surface area contributed by atoms with E-state index in [2.05, 4.69) is 15.4 Å². The van der Waals surface area contributed by atoms with Crippen molar-refractivity contribution in [2.75, 3.05) is 5.73 Å². The number of carbonyl (C=O) groups excluding carboxylic acids is 2. The Hall–Kier alpha value is -3.00. The first-order valence-corrected chi connectivity index (χ1v) is 11.0. The summed E-state index contributed by atoms with van der Waals surface area (Å²) in [6.07, 6.45) is 7.08. The van der Waals surface area contributed by atoms with Gasteiger partial charge in [0, 0.05) is 12.6 Å². The van der Waals surface area contributed by atoms with Gasteiger partial charge in [0.05, 0.1) is 20.9 Å². The monoisotopic (exact) mass is 421 g/mol. The normalized spacial score (nSPS) is 20.7. The van der Waals surface area contributed by atoms with E-state index in [1.807, 2.05) is 30.3 Å². The van der Waals surface area contributed by atoms with Crippen LogP contribution < -0.4 is 11.1 Å². The number of anilines is 1. The number of thiophene rings is 1. The molecule has 0 aliphatic heterocycles. The van der Waals surface area contributed by atoms with Crippen LogP contribution >= 0.6 is 11.3 Å². The molecule has 30 heavy (non-hydrogen) atoms. The molecule has 0 saturated heterocycles. The number of Topliss-reactive ketones (excluding diaryl/α,β-unsaturated/α-hetero) is 1. The molecular formula is C22H23N5O2S. The van der Waals surface area contributed by atoms with E-state index >= 15 is 0 Å². The Morgan fingerprint density at radius 3 is 2.80 bits per heavy atom. The Kier molecular flexibility index (Phi) is 4.66. The maximum absolute atomic E-state index is 13.9. The van der Waals surface area contributed by atoms with Crippen LogP contribution in [0.5, 0.6) is 0 Å². The van der Waals surface area contributed by atoms with Crippen LogP contribution in [0.25, 0.3) is 0 Å². The summed E-state index contributed by atoms with van der Waals surface area (Å²) in [5.74, 6) is -0.0904. The molecule has 0 bridgehead atoms. The second-order valence-electron chi connectivity index (χ2n) is 8.08. The second kappa shape index (κ2) is 7.36. The number of ketones is 1. The predicted octanol–water partition coefficient (Wildman–Crippen LogP) is 2.97. The van der Waals surface area contributed by atoms with Crippen molar-refractivity contribution in [3.63, 3.8) is 0 Å². The molecule has 1 atom stereocenters. The zero-order valence-corrected chi connectivity index (χ0v) is 17.3. The third kappa shape index (κ3) is 3.21. The lowest BCUT2D eigenvalue weighted by atomic mass is 9.66. The number of nitrogen functional groups attached to an aromatic ring is 1. The van der Waals surface area contributed by atoms with E-state index in [1.54, 1.807) is 11.0 Å². The Balaban J connectivity index is 1.52. The number of hydrogen-bond acceptors (Lipinski definition) is 6. The maximum Gasteiger partial charge on any atom is 0.254 e. The highest BCUT2D eigenvalue weighted by Gasteiger charge is 2.46. The van der Waals surface area contributed by atoms with Gasteiger partial charge in [-0.3, -0.25) is 14.3 Å². The number of aromatic nitrogens is 3. The fourth-order valence-electron chi connectivity index (χ4n) is 4.38. The molecule has 7 nitrogen and oxygen atoms in total. The summed E-state index contributed by atoms with van der Waals surface area (Å²) in [6, 6.07) is 10.2. The summed E-state index contributed by atoms with van der Waals surface area (Å²) in [6.45, 7) is 0.589. The molecule has 2 aliphatic carbocycles. The molecule has 0 radical (unpaired) electrons. The van der Waals surface area contributed by atoms with Crippen molar-refractivity contribution in [3.8, 4) is 0 Å². The third-order valence-corrected chi connectivity index (χ3v) is 7.24. The number of hydrogen-bond donors (Lipinski definition) is 2. The van der Waals surface area contributed by atoms with E-state index in [9.17, 15) is 9.59 Å². The molecule has 154 valence electrons. The Bertz CT molecular complexity index is 1090. The fraction of sp³-hybridized carbons (Fsp3) is 0.364. The Morgan fingerprint density at radius 1 is 1.30 bits per heavy atom. The van der Waals surface area contributed by atoms with E-state index in [0.717, 1.165) is 24.0 Å². The van der Waals surface area contributed by atoms with Gasteiger partial charge in [0.25, 0.3) is 5.91 Å². The summed E-state index contributed by atoms with van der Waals surface area (Å²) in [5, 5.41) is 7.65. The van der Waals surface area contributed by atoms with Crippen molar-refractivity contribution in [2.45, 2.75) is 50.1 Å². The second-order valence-corrected chi connectivity index (χ2v) is 9.13. The molecule has 5 rings (SSSR count). The molecule has 1 unspecified atom stereocenters. The molecule has 0 spiro atoms. The summed E-state index contributed by atoms with van der Waals surface area (Å²) >= 11 is 1.25. The van der Waals surface area contributed by atoms with Gasteiger partial charge in [-0.25, -0.2) is 4.98 Å². The number of carbonyl (C=O) groups is 2.